The molecule has 2 aromatic heterocycles. The van der Waals surface area contributed by atoms with Crippen molar-refractivity contribution in [3.8, 4) is 5.69 Å². The number of carbonyl (C=O) groups is 2. The van der Waals surface area contributed by atoms with Gasteiger partial charge in [-0.15, -0.1) is 0 Å². The van der Waals surface area contributed by atoms with Crippen molar-refractivity contribution in [3.63, 3.8) is 0 Å². The van der Waals surface area contributed by atoms with Crippen molar-refractivity contribution in [2.75, 3.05) is 31.1 Å². The topological polar surface area (TPSA) is 114 Å². The van der Waals surface area contributed by atoms with Crippen LogP contribution in [0.25, 0.3) is 16.7 Å². The third kappa shape index (κ3) is 5.14. The number of hydrogen-bond donors (Lipinski definition) is 2. The molecule has 15 heteroatoms. The summed E-state index contributed by atoms with van der Waals surface area (Å²) in [5.74, 6) is -6.02. The lowest BCUT2D eigenvalue weighted by atomic mass is 10.1. The van der Waals surface area contributed by atoms with Crippen molar-refractivity contribution in [1.29, 1.82) is 0 Å². The minimum atomic E-state index is -4.78. The highest BCUT2D eigenvalue weighted by Crippen LogP contribution is 2.40. The van der Waals surface area contributed by atoms with E-state index in [1.807, 2.05) is 5.32 Å². The van der Waals surface area contributed by atoms with Gasteiger partial charge < -0.3 is 20.9 Å². The van der Waals surface area contributed by atoms with E-state index in [0.29, 0.717) is 22.9 Å². The molecule has 0 bridgehead atoms. The van der Waals surface area contributed by atoms with Gasteiger partial charge in [-0.25, -0.2) is 22.9 Å². The first-order valence-electron chi connectivity index (χ1n) is 12.2. The Bertz CT molecular complexity index is 1540. The molecule has 3 aromatic rings. The van der Waals surface area contributed by atoms with E-state index >= 15 is 0 Å². The Morgan fingerprint density at radius 2 is 1.65 bits per heavy atom. The van der Waals surface area contributed by atoms with Gasteiger partial charge in [0.1, 0.15) is 28.9 Å². The van der Waals surface area contributed by atoms with Crippen LogP contribution >= 0.6 is 0 Å². The predicted molar refractivity (Wildman–Crippen MR) is 131 cm³/mol. The molecule has 2 aliphatic rings. The van der Waals surface area contributed by atoms with Crippen LogP contribution in [-0.4, -0.2) is 64.8 Å². The highest BCUT2D eigenvalue weighted by atomic mass is 19.4. The van der Waals surface area contributed by atoms with Crippen molar-refractivity contribution in [3.05, 3.63) is 63.7 Å². The van der Waals surface area contributed by atoms with E-state index in [0.717, 1.165) is 0 Å². The van der Waals surface area contributed by atoms with Crippen LogP contribution in [0.15, 0.2) is 35.3 Å². The number of piperazine rings is 1. The molecule has 3 heterocycles. The molecule has 3 N–H and O–H groups in total. The molecule has 1 unspecified atom stereocenters. The molecule has 1 aliphatic heterocycles. The number of amides is 3. The molecular formula is C25H22F6N6O3. The molecule has 1 aliphatic carbocycles. The Morgan fingerprint density at radius 3 is 2.20 bits per heavy atom. The summed E-state index contributed by atoms with van der Waals surface area (Å²) >= 11 is 0. The van der Waals surface area contributed by atoms with E-state index in [1.54, 1.807) is 4.90 Å². The van der Waals surface area contributed by atoms with Crippen molar-refractivity contribution in [2.24, 2.45) is 11.7 Å². The molecule has 3 amide bonds. The first-order chi connectivity index (χ1) is 18.8. The molecule has 1 atom stereocenters. The lowest BCUT2D eigenvalue weighted by Gasteiger charge is -2.34. The third-order valence-electron chi connectivity index (χ3n) is 6.95. The Labute approximate surface area is 222 Å². The fourth-order valence-electron chi connectivity index (χ4n) is 4.74. The molecule has 1 aromatic carbocycles. The number of anilines is 1. The molecule has 0 spiro atoms. The summed E-state index contributed by atoms with van der Waals surface area (Å²) < 4.78 is 84.8. The third-order valence-corrected chi connectivity index (χ3v) is 6.95. The molecule has 1 saturated heterocycles. The van der Waals surface area contributed by atoms with Gasteiger partial charge in [0.25, 0.3) is 5.91 Å². The van der Waals surface area contributed by atoms with E-state index in [4.69, 9.17) is 5.73 Å². The maximum absolute atomic E-state index is 14.9. The monoisotopic (exact) mass is 568 g/mol. The van der Waals surface area contributed by atoms with Gasteiger partial charge in [0.05, 0.1) is 5.39 Å². The number of urea groups is 1. The van der Waals surface area contributed by atoms with E-state index in [9.17, 15) is 40.7 Å². The number of carbonyl (C=O) groups excluding carboxylic acids is 2. The molecule has 40 heavy (non-hydrogen) atoms. The Hall–Kier alpha value is -4.30. The van der Waals surface area contributed by atoms with Gasteiger partial charge in [-0.05, 0) is 30.9 Å². The van der Waals surface area contributed by atoms with Crippen LogP contribution < -0.4 is 21.4 Å². The number of hydrogen-bond acceptors (Lipinski definition) is 5. The van der Waals surface area contributed by atoms with Gasteiger partial charge in [-0.3, -0.25) is 14.2 Å². The number of aromatic nitrogens is 2. The van der Waals surface area contributed by atoms with E-state index < -0.39 is 64.2 Å². The van der Waals surface area contributed by atoms with Gasteiger partial charge >= 0.3 is 12.2 Å². The zero-order valence-electron chi connectivity index (χ0n) is 20.6. The second-order valence-electron chi connectivity index (χ2n) is 9.64. The fraction of sp³-hybridized carbons (Fsp3) is 0.360. The number of benzene rings is 1. The molecule has 0 radical (unpaired) electrons. The van der Waals surface area contributed by atoms with Crippen LogP contribution in [0, 0.1) is 23.4 Å². The molecule has 1 saturated carbocycles. The van der Waals surface area contributed by atoms with E-state index in [-0.39, 0.29) is 55.9 Å². The first-order valence-corrected chi connectivity index (χ1v) is 12.2. The zero-order valence-corrected chi connectivity index (χ0v) is 20.6. The van der Waals surface area contributed by atoms with E-state index in [2.05, 4.69) is 4.98 Å². The Kier molecular flexibility index (Phi) is 6.84. The van der Waals surface area contributed by atoms with Crippen LogP contribution in [0.1, 0.15) is 23.2 Å². The summed E-state index contributed by atoms with van der Waals surface area (Å²) in [6, 6.07) is 0.569. The van der Waals surface area contributed by atoms with Gasteiger partial charge in [0, 0.05) is 44.5 Å². The summed E-state index contributed by atoms with van der Waals surface area (Å²) in [4.78, 5) is 45.2. The minimum absolute atomic E-state index is 0.235. The van der Waals surface area contributed by atoms with Crippen LogP contribution in [0.4, 0.5) is 37.0 Å². The summed E-state index contributed by atoms with van der Waals surface area (Å²) in [6.45, 7) is 1.07. The largest absolute Gasteiger partial charge is 0.408 e. The molecule has 5 rings (SSSR count). The molecule has 9 nitrogen and oxygen atoms in total. The number of rotatable bonds is 5. The first kappa shape index (κ1) is 27.3. The normalized spacial score (nSPS) is 16.8. The van der Waals surface area contributed by atoms with E-state index in [1.165, 1.54) is 17.0 Å². The Balaban J connectivity index is 1.63. The Morgan fingerprint density at radius 1 is 1.02 bits per heavy atom. The fourth-order valence-corrected chi connectivity index (χ4v) is 4.74. The predicted octanol–water partition coefficient (Wildman–Crippen LogP) is 3.07. The molecule has 212 valence electrons. The van der Waals surface area contributed by atoms with Crippen molar-refractivity contribution < 1.29 is 35.9 Å². The average Bonchev–Trinajstić information content (AvgIpc) is 3.72. The van der Waals surface area contributed by atoms with Crippen LogP contribution in [0.2, 0.25) is 0 Å². The maximum Gasteiger partial charge on any atom is 0.408 e. The van der Waals surface area contributed by atoms with Gasteiger partial charge in [0.15, 0.2) is 17.3 Å². The maximum atomic E-state index is 14.9. The molecule has 2 fully saturated rings. The lowest BCUT2D eigenvalue weighted by molar-refractivity contribution is -0.158. The summed E-state index contributed by atoms with van der Waals surface area (Å²) in [7, 11) is 0. The lowest BCUT2D eigenvalue weighted by Crippen LogP contribution is -2.50. The van der Waals surface area contributed by atoms with Crippen molar-refractivity contribution in [1.82, 2.24) is 19.8 Å². The summed E-state index contributed by atoms with van der Waals surface area (Å²) in [5.41, 5.74) is 2.26. The smallest absolute Gasteiger partial charge is 0.353 e. The standard InChI is InChI=1S/C25H22F6N6O3/c26-13-9-16(27)19(17(28)10-13)37-11-15(23(39)34-21(12-1-2-12)25(29,30)31)20(38)14-3-4-18(33-22(14)37)35-5-7-36(8-6-35)24(32)40/h3-4,9-12,21H,1-2,5-8H2,(H2,32,40)(H,34,39). The average molecular weight is 568 g/mol. The van der Waals surface area contributed by atoms with Crippen molar-refractivity contribution in [2.45, 2.75) is 25.1 Å². The van der Waals surface area contributed by atoms with Crippen LogP contribution in [0.3, 0.4) is 0 Å². The number of fused-ring (bicyclic) bond motifs is 1. The second-order valence-corrected chi connectivity index (χ2v) is 9.64. The number of nitrogens with two attached hydrogens (primary N) is 1. The summed E-state index contributed by atoms with van der Waals surface area (Å²) in [6.07, 6.45) is -3.62. The molecular weight excluding hydrogens is 546 g/mol. The van der Waals surface area contributed by atoms with Crippen LogP contribution in [-0.2, 0) is 0 Å². The highest BCUT2D eigenvalue weighted by Gasteiger charge is 2.50. The number of primary amides is 1. The van der Waals surface area contributed by atoms with Gasteiger partial charge in [-0.2, -0.15) is 13.2 Å². The van der Waals surface area contributed by atoms with Gasteiger partial charge in [-0.1, -0.05) is 0 Å². The van der Waals surface area contributed by atoms with Gasteiger partial charge in [0.2, 0.25) is 5.43 Å². The second kappa shape index (κ2) is 10.0. The summed E-state index contributed by atoms with van der Waals surface area (Å²) in [5, 5.41) is 1.52. The number of nitrogens with one attached hydrogen (secondary N) is 1. The quantitative estimate of drug-likeness (QED) is 0.460. The number of alkyl halides is 3. The number of nitrogens with zero attached hydrogens (tertiary/aromatic N) is 4. The van der Waals surface area contributed by atoms with Crippen LogP contribution in [0.5, 0.6) is 0 Å². The highest BCUT2D eigenvalue weighted by molar-refractivity contribution is 5.97. The number of halogens is 6. The number of pyridine rings is 2. The zero-order chi connectivity index (χ0) is 28.9. The van der Waals surface area contributed by atoms with Crippen molar-refractivity contribution >= 4 is 28.8 Å². The SMILES string of the molecule is NC(=O)N1CCN(c2ccc3c(=O)c(C(=O)NC(C4CC4)C(F)(F)F)cn(-c4c(F)cc(F)cc4F)c3n2)CC1. The minimum Gasteiger partial charge on any atom is -0.353 e.